The van der Waals surface area contributed by atoms with E-state index in [0.717, 1.165) is 19.5 Å². The molecule has 3 rings (SSSR count). The van der Waals surface area contributed by atoms with Gasteiger partial charge >= 0.3 is 0 Å². The van der Waals surface area contributed by atoms with Crippen molar-refractivity contribution in [1.29, 1.82) is 0 Å². The Balaban J connectivity index is 0.00000243. The predicted molar refractivity (Wildman–Crippen MR) is 101 cm³/mol. The molecular weight excluding hydrogens is 376 g/mol. The molecule has 2 atom stereocenters. The number of amides is 1. The van der Waals surface area contributed by atoms with E-state index >= 15 is 0 Å². The third kappa shape index (κ3) is 4.66. The molecule has 1 aliphatic heterocycles. The Morgan fingerprint density at radius 3 is 2.69 bits per heavy atom. The molecule has 0 bridgehead atoms. The maximum absolute atomic E-state index is 12.5. The molecule has 2 unspecified atom stereocenters. The monoisotopic (exact) mass is 398 g/mol. The normalized spacial score (nSPS) is 20.2. The van der Waals surface area contributed by atoms with Crippen molar-refractivity contribution in [1.82, 2.24) is 10.6 Å². The number of furan rings is 1. The summed E-state index contributed by atoms with van der Waals surface area (Å²) in [5.41, 5.74) is 0.378. The number of benzene rings is 1. The number of rotatable bonds is 5. The smallest absolute Gasteiger partial charge is 0.287 e. The van der Waals surface area contributed by atoms with Crippen LogP contribution in [0.1, 0.15) is 29.5 Å². The lowest BCUT2D eigenvalue weighted by Gasteiger charge is -2.30. The first-order valence-corrected chi connectivity index (χ1v) is 9.98. The second-order valence-electron chi connectivity index (χ2n) is 6.40. The third-order valence-electron chi connectivity index (χ3n) is 4.50. The number of halogens is 1. The maximum atomic E-state index is 12.5. The first-order chi connectivity index (χ1) is 12.0. The van der Waals surface area contributed by atoms with E-state index in [4.69, 9.17) is 4.42 Å². The van der Waals surface area contributed by atoms with E-state index in [-0.39, 0.29) is 40.8 Å². The third-order valence-corrected chi connectivity index (χ3v) is 6.18. The second kappa shape index (κ2) is 8.70. The molecule has 1 amide bonds. The molecule has 142 valence electrons. The van der Waals surface area contributed by atoms with Gasteiger partial charge in [-0.05, 0) is 43.6 Å². The second-order valence-corrected chi connectivity index (χ2v) is 8.39. The van der Waals surface area contributed by atoms with E-state index in [2.05, 4.69) is 17.6 Å². The van der Waals surface area contributed by atoms with Crippen molar-refractivity contribution in [3.8, 4) is 0 Å². The van der Waals surface area contributed by atoms with Gasteiger partial charge in [-0.2, -0.15) is 0 Å². The quantitative estimate of drug-likeness (QED) is 0.807. The van der Waals surface area contributed by atoms with Crippen LogP contribution >= 0.6 is 12.4 Å². The van der Waals surface area contributed by atoms with Crippen LogP contribution in [0, 0.1) is 5.92 Å². The minimum Gasteiger partial charge on any atom is -0.459 e. The molecule has 0 spiro atoms. The standard InChI is InChI=1S/C18H22N2O4S.ClH/c1-13-11-19-9-7-16(13)20-18(21)17-14(8-10-24-17)12-25(22,23)15-5-3-2-4-6-15;/h2-6,8,10,13,16,19H,7,9,11-12H2,1H3,(H,20,21);1H. The average molecular weight is 399 g/mol. The van der Waals surface area contributed by atoms with Crippen molar-refractivity contribution < 1.29 is 17.6 Å². The van der Waals surface area contributed by atoms with Crippen LogP contribution in [0.4, 0.5) is 0 Å². The van der Waals surface area contributed by atoms with E-state index in [9.17, 15) is 13.2 Å². The Bertz CT molecular complexity index is 836. The number of hydrogen-bond donors (Lipinski definition) is 2. The van der Waals surface area contributed by atoms with E-state index in [1.165, 1.54) is 6.26 Å². The minimum absolute atomic E-state index is 0. The van der Waals surface area contributed by atoms with Crippen LogP contribution in [0.25, 0.3) is 0 Å². The highest BCUT2D eigenvalue weighted by molar-refractivity contribution is 7.90. The fraction of sp³-hybridized carbons (Fsp3) is 0.389. The summed E-state index contributed by atoms with van der Waals surface area (Å²) in [6.07, 6.45) is 2.20. The highest BCUT2D eigenvalue weighted by atomic mass is 35.5. The zero-order valence-corrected chi connectivity index (χ0v) is 16.1. The molecule has 8 heteroatoms. The molecule has 2 N–H and O–H groups in total. The van der Waals surface area contributed by atoms with Crippen molar-refractivity contribution >= 4 is 28.2 Å². The van der Waals surface area contributed by atoms with Crippen LogP contribution < -0.4 is 10.6 Å². The Hall–Kier alpha value is -1.83. The molecule has 1 aromatic heterocycles. The van der Waals surface area contributed by atoms with Crippen molar-refractivity contribution in [2.45, 2.75) is 30.0 Å². The lowest BCUT2D eigenvalue weighted by molar-refractivity contribution is 0.0885. The summed E-state index contributed by atoms with van der Waals surface area (Å²) >= 11 is 0. The Morgan fingerprint density at radius 2 is 2.00 bits per heavy atom. The molecule has 6 nitrogen and oxygen atoms in total. The first-order valence-electron chi connectivity index (χ1n) is 8.33. The molecule has 1 fully saturated rings. The first kappa shape index (κ1) is 20.5. The largest absolute Gasteiger partial charge is 0.459 e. The van der Waals surface area contributed by atoms with Crippen LogP contribution in [0.5, 0.6) is 0 Å². The van der Waals surface area contributed by atoms with Gasteiger partial charge in [0, 0.05) is 11.6 Å². The summed E-state index contributed by atoms with van der Waals surface area (Å²) < 4.78 is 30.4. The summed E-state index contributed by atoms with van der Waals surface area (Å²) in [7, 11) is -3.53. The molecule has 2 aromatic rings. The fourth-order valence-corrected chi connectivity index (χ4v) is 4.40. The van der Waals surface area contributed by atoms with E-state index in [1.807, 2.05) is 0 Å². The molecular formula is C18H23ClN2O4S. The molecule has 1 aliphatic rings. The van der Waals surface area contributed by atoms with Crippen LogP contribution in [-0.4, -0.2) is 33.5 Å². The van der Waals surface area contributed by atoms with Crippen LogP contribution in [-0.2, 0) is 15.6 Å². The van der Waals surface area contributed by atoms with Gasteiger partial charge < -0.3 is 15.1 Å². The van der Waals surface area contributed by atoms with Gasteiger partial charge in [0.25, 0.3) is 5.91 Å². The summed E-state index contributed by atoms with van der Waals surface area (Å²) in [4.78, 5) is 12.8. The maximum Gasteiger partial charge on any atom is 0.287 e. The average Bonchev–Trinajstić information content (AvgIpc) is 3.05. The molecule has 26 heavy (non-hydrogen) atoms. The number of sulfone groups is 1. The molecule has 1 saturated heterocycles. The minimum atomic E-state index is -3.53. The van der Waals surface area contributed by atoms with Gasteiger partial charge in [-0.3, -0.25) is 4.79 Å². The van der Waals surface area contributed by atoms with Gasteiger partial charge in [0.2, 0.25) is 0 Å². The Labute approximate surface area is 159 Å². The summed E-state index contributed by atoms with van der Waals surface area (Å²) in [5, 5.41) is 6.25. The van der Waals surface area contributed by atoms with Gasteiger partial charge in [0.15, 0.2) is 15.6 Å². The molecule has 1 aromatic carbocycles. The number of piperidine rings is 1. The van der Waals surface area contributed by atoms with Crippen LogP contribution in [0.3, 0.4) is 0 Å². The van der Waals surface area contributed by atoms with Gasteiger partial charge in [-0.25, -0.2) is 8.42 Å². The number of hydrogen-bond acceptors (Lipinski definition) is 5. The highest BCUT2D eigenvalue weighted by Gasteiger charge is 2.27. The number of carbonyl (C=O) groups is 1. The summed E-state index contributed by atoms with van der Waals surface area (Å²) in [6.45, 7) is 3.76. The molecule has 0 saturated carbocycles. The molecule has 2 heterocycles. The van der Waals surface area contributed by atoms with Crippen LogP contribution in [0.15, 0.2) is 52.0 Å². The zero-order chi connectivity index (χ0) is 17.9. The lowest BCUT2D eigenvalue weighted by atomic mass is 9.95. The Kier molecular flexibility index (Phi) is 6.86. The fourth-order valence-electron chi connectivity index (χ4n) is 3.03. The predicted octanol–water partition coefficient (Wildman–Crippen LogP) is 2.40. The summed E-state index contributed by atoms with van der Waals surface area (Å²) in [6, 6.07) is 9.80. The van der Waals surface area contributed by atoms with Gasteiger partial charge in [-0.1, -0.05) is 25.1 Å². The van der Waals surface area contributed by atoms with Crippen molar-refractivity contribution in [3.63, 3.8) is 0 Å². The highest BCUT2D eigenvalue weighted by Crippen LogP contribution is 2.20. The van der Waals surface area contributed by atoms with E-state index < -0.39 is 9.84 Å². The van der Waals surface area contributed by atoms with E-state index in [1.54, 1.807) is 36.4 Å². The molecule has 0 aliphatic carbocycles. The van der Waals surface area contributed by atoms with Crippen molar-refractivity contribution in [2.24, 2.45) is 5.92 Å². The lowest BCUT2D eigenvalue weighted by Crippen LogP contribution is -2.48. The molecule has 0 radical (unpaired) electrons. The van der Waals surface area contributed by atoms with Gasteiger partial charge in [-0.15, -0.1) is 12.4 Å². The SMILES string of the molecule is CC1CNCCC1NC(=O)c1occc1CS(=O)(=O)c1ccccc1.Cl. The summed E-state index contributed by atoms with van der Waals surface area (Å²) in [5.74, 6) is -0.241. The zero-order valence-electron chi connectivity index (χ0n) is 14.5. The van der Waals surface area contributed by atoms with E-state index in [0.29, 0.717) is 11.5 Å². The number of nitrogens with one attached hydrogen (secondary N) is 2. The topological polar surface area (TPSA) is 88.4 Å². The van der Waals surface area contributed by atoms with Crippen molar-refractivity contribution in [2.75, 3.05) is 13.1 Å². The van der Waals surface area contributed by atoms with Gasteiger partial charge in [0.1, 0.15) is 0 Å². The van der Waals surface area contributed by atoms with Crippen molar-refractivity contribution in [3.05, 3.63) is 54.0 Å². The Morgan fingerprint density at radius 1 is 1.27 bits per heavy atom. The number of carbonyl (C=O) groups excluding carboxylic acids is 1. The van der Waals surface area contributed by atoms with Gasteiger partial charge in [0.05, 0.1) is 16.9 Å². The van der Waals surface area contributed by atoms with Crippen LogP contribution in [0.2, 0.25) is 0 Å².